The number of hydrogen-bond acceptors (Lipinski definition) is 3. The Morgan fingerprint density at radius 1 is 1.61 bits per heavy atom. The van der Waals surface area contributed by atoms with Crippen LogP contribution in [0.5, 0.6) is 5.75 Å². The van der Waals surface area contributed by atoms with Crippen molar-refractivity contribution < 1.29 is 9.53 Å². The van der Waals surface area contributed by atoms with Gasteiger partial charge in [0.25, 0.3) is 5.91 Å². The van der Waals surface area contributed by atoms with E-state index >= 15 is 0 Å². The third-order valence-corrected chi connectivity index (χ3v) is 3.49. The van der Waals surface area contributed by atoms with Crippen LogP contribution in [0.1, 0.15) is 37.0 Å². The summed E-state index contributed by atoms with van der Waals surface area (Å²) in [5.74, 6) is 0.367. The molecule has 1 rings (SSSR count). The van der Waals surface area contributed by atoms with Crippen LogP contribution in [-0.2, 0) is 0 Å². The topological polar surface area (TPSA) is 51.2 Å². The average Bonchev–Trinajstić information content (AvgIpc) is 2.38. The summed E-state index contributed by atoms with van der Waals surface area (Å²) in [5.41, 5.74) is 0.302. The first-order valence-corrected chi connectivity index (χ1v) is 7.05. The maximum atomic E-state index is 12.2. The highest BCUT2D eigenvalue weighted by molar-refractivity contribution is 9.09. The lowest BCUT2D eigenvalue weighted by Crippen LogP contribution is -2.45. The van der Waals surface area contributed by atoms with Gasteiger partial charge in [0.2, 0.25) is 0 Å². The van der Waals surface area contributed by atoms with Gasteiger partial charge in [-0.2, -0.15) is 0 Å². The number of carbonyl (C=O) groups excluding carboxylic acids is 1. The van der Waals surface area contributed by atoms with Crippen LogP contribution in [0.2, 0.25) is 0 Å². The van der Waals surface area contributed by atoms with Gasteiger partial charge < -0.3 is 10.1 Å². The Morgan fingerprint density at radius 2 is 2.33 bits per heavy atom. The fraction of sp³-hybridized carbons (Fsp3) is 0.538. The summed E-state index contributed by atoms with van der Waals surface area (Å²) in [4.78, 5) is 16.2. The Labute approximate surface area is 116 Å². The SMILES string of the molecule is CCC(C)(CCBr)NC(=O)c1ccncc1OC. The van der Waals surface area contributed by atoms with Gasteiger partial charge in [0.15, 0.2) is 0 Å². The highest BCUT2D eigenvalue weighted by Gasteiger charge is 2.25. The highest BCUT2D eigenvalue weighted by Crippen LogP contribution is 2.20. The van der Waals surface area contributed by atoms with E-state index in [1.165, 1.54) is 7.11 Å². The minimum Gasteiger partial charge on any atom is -0.494 e. The lowest BCUT2D eigenvalue weighted by atomic mass is 9.95. The van der Waals surface area contributed by atoms with Crippen LogP contribution in [0.4, 0.5) is 0 Å². The third-order valence-electron chi connectivity index (χ3n) is 3.09. The van der Waals surface area contributed by atoms with E-state index in [1.54, 1.807) is 18.5 Å². The Kier molecular flexibility index (Phi) is 5.59. The molecule has 0 bridgehead atoms. The van der Waals surface area contributed by atoms with Crippen molar-refractivity contribution >= 4 is 21.8 Å². The molecule has 1 atom stereocenters. The molecule has 1 aromatic rings. The number of ether oxygens (including phenoxy) is 1. The second-order valence-electron chi connectivity index (χ2n) is 4.38. The molecular weight excluding hydrogens is 296 g/mol. The number of amides is 1. The summed E-state index contributed by atoms with van der Waals surface area (Å²) in [7, 11) is 1.53. The molecule has 1 N–H and O–H groups in total. The lowest BCUT2D eigenvalue weighted by Gasteiger charge is -2.29. The Bertz CT molecular complexity index is 412. The molecule has 0 aromatic carbocycles. The normalized spacial score (nSPS) is 13.8. The molecule has 0 aliphatic heterocycles. The third kappa shape index (κ3) is 3.70. The molecule has 1 unspecified atom stereocenters. The van der Waals surface area contributed by atoms with Gasteiger partial charge in [-0.15, -0.1) is 0 Å². The molecule has 0 fully saturated rings. The molecule has 100 valence electrons. The number of alkyl halides is 1. The summed E-state index contributed by atoms with van der Waals surface area (Å²) < 4.78 is 5.14. The number of carbonyl (C=O) groups is 1. The summed E-state index contributed by atoms with van der Waals surface area (Å²) in [6, 6.07) is 1.67. The van der Waals surface area contributed by atoms with Crippen LogP contribution in [-0.4, -0.2) is 28.9 Å². The number of pyridine rings is 1. The van der Waals surface area contributed by atoms with E-state index in [0.29, 0.717) is 11.3 Å². The number of hydrogen-bond donors (Lipinski definition) is 1. The average molecular weight is 315 g/mol. The van der Waals surface area contributed by atoms with Gasteiger partial charge in [-0.05, 0) is 25.8 Å². The standard InChI is InChI=1S/C13H19BrN2O2/c1-4-13(2,6-7-14)16-12(17)10-5-8-15-9-11(10)18-3/h5,8-9H,4,6-7H2,1-3H3,(H,16,17). The molecule has 0 spiro atoms. The van der Waals surface area contributed by atoms with E-state index in [4.69, 9.17) is 4.74 Å². The molecule has 18 heavy (non-hydrogen) atoms. The van der Waals surface area contributed by atoms with Crippen LogP contribution in [0, 0.1) is 0 Å². The van der Waals surface area contributed by atoms with Crippen molar-refractivity contribution in [2.75, 3.05) is 12.4 Å². The zero-order valence-corrected chi connectivity index (χ0v) is 12.6. The predicted molar refractivity (Wildman–Crippen MR) is 75.4 cm³/mol. The van der Waals surface area contributed by atoms with E-state index in [1.807, 2.05) is 6.92 Å². The predicted octanol–water partition coefficient (Wildman–Crippen LogP) is 2.77. The van der Waals surface area contributed by atoms with Gasteiger partial charge in [-0.25, -0.2) is 0 Å². The first kappa shape index (κ1) is 15.0. The van der Waals surface area contributed by atoms with Gasteiger partial charge in [-0.1, -0.05) is 22.9 Å². The molecule has 5 heteroatoms. The van der Waals surface area contributed by atoms with Crippen molar-refractivity contribution in [3.8, 4) is 5.75 Å². The smallest absolute Gasteiger partial charge is 0.255 e. The van der Waals surface area contributed by atoms with Crippen LogP contribution in [0.25, 0.3) is 0 Å². The van der Waals surface area contributed by atoms with Crippen LogP contribution in [0.3, 0.4) is 0 Å². The molecular formula is C13H19BrN2O2. The molecule has 0 saturated heterocycles. The van der Waals surface area contributed by atoms with Gasteiger partial charge >= 0.3 is 0 Å². The van der Waals surface area contributed by atoms with Crippen molar-refractivity contribution in [1.29, 1.82) is 0 Å². The maximum absolute atomic E-state index is 12.2. The summed E-state index contributed by atoms with van der Waals surface area (Å²) in [6.07, 6.45) is 4.88. The molecule has 4 nitrogen and oxygen atoms in total. The number of methoxy groups -OCH3 is 1. The van der Waals surface area contributed by atoms with Gasteiger partial charge in [0.1, 0.15) is 5.75 Å². The zero-order chi connectivity index (χ0) is 13.6. The number of halogens is 1. The quantitative estimate of drug-likeness (QED) is 0.821. The molecule has 0 aliphatic carbocycles. The van der Waals surface area contributed by atoms with Crippen LogP contribution >= 0.6 is 15.9 Å². The zero-order valence-electron chi connectivity index (χ0n) is 11.0. The summed E-state index contributed by atoms with van der Waals surface area (Å²) in [5, 5.41) is 3.91. The van der Waals surface area contributed by atoms with E-state index in [9.17, 15) is 4.79 Å². The van der Waals surface area contributed by atoms with Crippen molar-refractivity contribution in [3.63, 3.8) is 0 Å². The Hall–Kier alpha value is -1.10. The second kappa shape index (κ2) is 6.73. The first-order chi connectivity index (χ1) is 8.56. The van der Waals surface area contributed by atoms with Gasteiger partial charge in [0.05, 0.1) is 18.9 Å². The maximum Gasteiger partial charge on any atom is 0.255 e. The Morgan fingerprint density at radius 3 is 2.89 bits per heavy atom. The van der Waals surface area contributed by atoms with Gasteiger partial charge in [-0.3, -0.25) is 9.78 Å². The number of nitrogens with one attached hydrogen (secondary N) is 1. The van der Waals surface area contributed by atoms with Gasteiger partial charge in [0, 0.05) is 17.1 Å². The van der Waals surface area contributed by atoms with E-state index in [0.717, 1.165) is 18.2 Å². The second-order valence-corrected chi connectivity index (χ2v) is 5.18. The molecule has 1 heterocycles. The number of aromatic nitrogens is 1. The van der Waals surface area contributed by atoms with Crippen molar-refractivity contribution in [1.82, 2.24) is 10.3 Å². The van der Waals surface area contributed by atoms with Crippen LogP contribution in [0.15, 0.2) is 18.5 Å². The fourth-order valence-corrected chi connectivity index (χ4v) is 2.48. The molecule has 1 aromatic heterocycles. The number of rotatable bonds is 6. The molecule has 0 saturated carbocycles. The largest absolute Gasteiger partial charge is 0.494 e. The highest BCUT2D eigenvalue weighted by atomic mass is 79.9. The van der Waals surface area contributed by atoms with Crippen molar-refractivity contribution in [2.45, 2.75) is 32.2 Å². The minimum atomic E-state index is -0.213. The molecule has 0 aliphatic rings. The summed E-state index contributed by atoms with van der Waals surface area (Å²) in [6.45, 7) is 4.10. The monoisotopic (exact) mass is 314 g/mol. The van der Waals surface area contributed by atoms with Crippen LogP contribution < -0.4 is 10.1 Å². The molecule has 0 radical (unpaired) electrons. The summed E-state index contributed by atoms with van der Waals surface area (Å²) >= 11 is 3.41. The van der Waals surface area contributed by atoms with Crippen molar-refractivity contribution in [3.05, 3.63) is 24.0 Å². The first-order valence-electron chi connectivity index (χ1n) is 5.93. The Balaban J connectivity index is 2.87. The van der Waals surface area contributed by atoms with E-state index in [2.05, 4.69) is 33.2 Å². The van der Waals surface area contributed by atoms with E-state index < -0.39 is 0 Å². The minimum absolute atomic E-state index is 0.125. The molecule has 1 amide bonds. The van der Waals surface area contributed by atoms with E-state index in [-0.39, 0.29) is 11.4 Å². The van der Waals surface area contributed by atoms with Crippen molar-refractivity contribution in [2.24, 2.45) is 0 Å². The number of nitrogens with zero attached hydrogens (tertiary/aromatic N) is 1. The fourth-order valence-electron chi connectivity index (χ4n) is 1.61. The lowest BCUT2D eigenvalue weighted by molar-refractivity contribution is 0.0898.